The molecule has 0 saturated carbocycles. The molecule has 8 heteroatoms. The van der Waals surface area contributed by atoms with E-state index >= 15 is 0 Å². The molecule has 60 heavy (non-hydrogen) atoms. The molecule has 4 nitrogen and oxygen atoms in total. The number of rotatable bonds is 8. The summed E-state index contributed by atoms with van der Waals surface area (Å²) in [7, 11) is 0. The maximum Gasteiger partial charge on any atom is 0.226 e. The Morgan fingerprint density at radius 1 is 0.333 bits per heavy atom. The van der Waals surface area contributed by atoms with Crippen molar-refractivity contribution in [1.82, 2.24) is 0 Å². The van der Waals surface area contributed by atoms with Gasteiger partial charge >= 0.3 is 0 Å². The van der Waals surface area contributed by atoms with Crippen LogP contribution in [0.25, 0.3) is 0 Å². The summed E-state index contributed by atoms with van der Waals surface area (Å²) >= 11 is 25.3. The van der Waals surface area contributed by atoms with Gasteiger partial charge in [0.15, 0.2) is 0 Å². The van der Waals surface area contributed by atoms with Crippen LogP contribution >= 0.6 is 46.4 Å². The van der Waals surface area contributed by atoms with Gasteiger partial charge in [0.05, 0.1) is 0 Å². The molecule has 1 aliphatic carbocycles. The molecule has 320 valence electrons. The zero-order chi connectivity index (χ0) is 44.9. The van der Waals surface area contributed by atoms with Crippen LogP contribution in [0, 0.1) is 0 Å². The number of halogens is 4. The van der Waals surface area contributed by atoms with E-state index in [1.54, 1.807) is 0 Å². The molecular formula is C52H60Cl4O4. The third kappa shape index (κ3) is 11.6. The van der Waals surface area contributed by atoms with Crippen molar-refractivity contribution in [3.63, 3.8) is 0 Å². The number of hydrogen-bond donors (Lipinski definition) is 0. The lowest BCUT2D eigenvalue weighted by Gasteiger charge is -2.29. The smallest absolute Gasteiger partial charge is 0.226 e. The van der Waals surface area contributed by atoms with Crippen LogP contribution in [-0.2, 0) is 92.2 Å². The first-order valence-electron chi connectivity index (χ1n) is 20.8. The Bertz CT molecular complexity index is 1950. The maximum absolute atomic E-state index is 13.1. The second-order valence-electron chi connectivity index (χ2n) is 20.9. The van der Waals surface area contributed by atoms with Gasteiger partial charge in [-0.15, -0.1) is 0 Å². The third-order valence-corrected chi connectivity index (χ3v) is 12.5. The standard InChI is InChI=1S/C52H60Cl4O4/c1-49(2,3)37-17-29-13-31-19-38(50(4,5)6)21-33(42(31)26-46(54)58)15-35-23-40(52(10,11)12)24-36(44(35)28-48(56)60)16-34-22-39(51(7,8)9)20-32(43(34)27-47(55)59)14-30(18-37)41(29)25-45(53)57/h17-24H,13-16,25-28H2,1-12H3. The van der Waals surface area contributed by atoms with Crippen molar-refractivity contribution in [3.8, 4) is 0 Å². The van der Waals surface area contributed by atoms with E-state index in [1.165, 1.54) is 0 Å². The lowest BCUT2D eigenvalue weighted by atomic mass is 9.75. The largest absolute Gasteiger partial charge is 0.281 e. The molecule has 0 saturated heterocycles. The summed E-state index contributed by atoms with van der Waals surface area (Å²) in [5.41, 5.74) is 14.1. The van der Waals surface area contributed by atoms with E-state index in [0.717, 1.165) is 89.0 Å². The Balaban J connectivity index is 2.07. The lowest BCUT2D eigenvalue weighted by molar-refractivity contribution is -0.111. The molecule has 0 atom stereocenters. The van der Waals surface area contributed by atoms with Crippen LogP contribution in [0.1, 0.15) is 172 Å². The molecule has 0 amide bonds. The molecule has 4 aromatic carbocycles. The van der Waals surface area contributed by atoms with E-state index in [-0.39, 0.29) is 47.3 Å². The summed E-state index contributed by atoms with van der Waals surface area (Å²) in [6.07, 6.45) is 1.63. The monoisotopic (exact) mass is 888 g/mol. The number of hydrogen-bond acceptors (Lipinski definition) is 4. The molecule has 0 N–H and O–H groups in total. The predicted octanol–water partition coefficient (Wildman–Crippen LogP) is 12.8. The van der Waals surface area contributed by atoms with Crippen molar-refractivity contribution in [3.05, 3.63) is 138 Å². The van der Waals surface area contributed by atoms with E-state index in [1.807, 2.05) is 0 Å². The van der Waals surface area contributed by atoms with E-state index in [2.05, 4.69) is 132 Å². The summed E-state index contributed by atoms with van der Waals surface area (Å²) in [4.78, 5) is 52.2. The van der Waals surface area contributed by atoms with Gasteiger partial charge in [0.25, 0.3) is 0 Å². The first kappa shape index (κ1) is 47.8. The predicted molar refractivity (Wildman–Crippen MR) is 250 cm³/mol. The average Bonchev–Trinajstić information content (AvgIpc) is 3.06. The molecule has 8 bridgehead atoms. The van der Waals surface area contributed by atoms with Gasteiger partial charge in [0.2, 0.25) is 21.0 Å². The Kier molecular flexibility index (Phi) is 14.2. The quantitative estimate of drug-likeness (QED) is 0.146. The Morgan fingerprint density at radius 2 is 0.467 bits per heavy atom. The summed E-state index contributed by atoms with van der Waals surface area (Å²) in [5.74, 6) is 0. The molecular weight excluding hydrogens is 830 g/mol. The van der Waals surface area contributed by atoms with Crippen molar-refractivity contribution < 1.29 is 19.2 Å². The van der Waals surface area contributed by atoms with Crippen LogP contribution in [0.5, 0.6) is 0 Å². The Hall–Kier alpha value is -3.28. The molecule has 0 radical (unpaired) electrons. The van der Waals surface area contributed by atoms with E-state index in [0.29, 0.717) is 25.7 Å². The SMILES string of the molecule is CC(C)(C)c1cc2c(CC(=O)Cl)c(c1)Cc1cc(C(C)(C)C)cc(c1CC(=O)Cl)Cc1cc(C(C)(C)C)cc(c1CC(=O)Cl)Cc1cc(C(C)(C)C)cc(c1CC(=O)Cl)C2. The highest BCUT2D eigenvalue weighted by molar-refractivity contribution is 6.64. The highest BCUT2D eigenvalue weighted by atomic mass is 35.5. The lowest BCUT2D eigenvalue weighted by Crippen LogP contribution is -2.20. The molecule has 0 aliphatic heterocycles. The van der Waals surface area contributed by atoms with E-state index in [9.17, 15) is 19.2 Å². The van der Waals surface area contributed by atoms with Crippen molar-refractivity contribution in [2.45, 2.75) is 156 Å². The van der Waals surface area contributed by atoms with Gasteiger partial charge in [-0.2, -0.15) is 0 Å². The van der Waals surface area contributed by atoms with Gasteiger partial charge in [-0.25, -0.2) is 0 Å². The van der Waals surface area contributed by atoms with Crippen molar-refractivity contribution in [1.29, 1.82) is 0 Å². The summed E-state index contributed by atoms with van der Waals surface area (Å²) in [5, 5.41) is -1.92. The van der Waals surface area contributed by atoms with Crippen LogP contribution in [0.3, 0.4) is 0 Å². The van der Waals surface area contributed by atoms with Gasteiger partial charge < -0.3 is 0 Å². The minimum atomic E-state index is -0.481. The number of carbonyl (C=O) groups excluding carboxylic acids is 4. The van der Waals surface area contributed by atoms with Crippen LogP contribution in [-0.4, -0.2) is 21.0 Å². The molecule has 0 heterocycles. The number of carbonyl (C=O) groups is 4. The zero-order valence-electron chi connectivity index (χ0n) is 37.4. The summed E-state index contributed by atoms with van der Waals surface area (Å²) in [6.45, 7) is 26.0. The highest BCUT2D eigenvalue weighted by Crippen LogP contribution is 2.39. The fourth-order valence-corrected chi connectivity index (χ4v) is 9.00. The minimum Gasteiger partial charge on any atom is -0.281 e. The number of benzene rings is 4. The fourth-order valence-electron chi connectivity index (χ4n) is 8.47. The molecule has 5 rings (SSSR count). The average molecular weight is 891 g/mol. The molecule has 0 fully saturated rings. The number of fused-ring (bicyclic) bond motifs is 8. The first-order valence-corrected chi connectivity index (χ1v) is 22.4. The van der Waals surface area contributed by atoms with Crippen LogP contribution < -0.4 is 0 Å². The minimum absolute atomic E-state index is 0.00220. The van der Waals surface area contributed by atoms with Gasteiger partial charge in [0, 0.05) is 25.7 Å². The van der Waals surface area contributed by atoms with Crippen molar-refractivity contribution >= 4 is 67.4 Å². The fraction of sp³-hybridized carbons (Fsp3) is 0.462. The van der Waals surface area contributed by atoms with Crippen LogP contribution in [0.2, 0.25) is 0 Å². The Morgan fingerprint density at radius 3 is 0.567 bits per heavy atom. The van der Waals surface area contributed by atoms with E-state index < -0.39 is 21.0 Å². The molecule has 0 unspecified atom stereocenters. The van der Waals surface area contributed by atoms with Crippen LogP contribution in [0.4, 0.5) is 0 Å². The van der Waals surface area contributed by atoms with Crippen molar-refractivity contribution in [2.75, 3.05) is 0 Å². The van der Waals surface area contributed by atoms with Gasteiger partial charge in [-0.1, -0.05) is 132 Å². The van der Waals surface area contributed by atoms with Crippen LogP contribution in [0.15, 0.2) is 48.5 Å². The molecule has 0 aromatic heterocycles. The summed E-state index contributed by atoms with van der Waals surface area (Å²) in [6, 6.07) is 17.5. The highest BCUT2D eigenvalue weighted by Gasteiger charge is 2.29. The summed E-state index contributed by atoms with van der Waals surface area (Å²) < 4.78 is 0. The topological polar surface area (TPSA) is 68.3 Å². The Labute approximate surface area is 378 Å². The van der Waals surface area contributed by atoms with Gasteiger partial charge in [-0.3, -0.25) is 19.2 Å². The van der Waals surface area contributed by atoms with E-state index in [4.69, 9.17) is 46.4 Å². The zero-order valence-corrected chi connectivity index (χ0v) is 40.4. The van der Waals surface area contributed by atoms with Gasteiger partial charge in [0.1, 0.15) is 0 Å². The molecule has 4 aromatic rings. The third-order valence-electron chi connectivity index (χ3n) is 12.0. The van der Waals surface area contributed by atoms with Gasteiger partial charge in [-0.05, 0) is 183 Å². The second-order valence-corrected chi connectivity index (χ2v) is 22.6. The molecule has 1 aliphatic rings. The second kappa shape index (κ2) is 17.8. The normalized spacial score (nSPS) is 13.6. The maximum atomic E-state index is 13.1. The van der Waals surface area contributed by atoms with Crippen molar-refractivity contribution in [2.24, 2.45) is 0 Å². The first-order chi connectivity index (χ1) is 27.5. The molecule has 0 spiro atoms.